The summed E-state index contributed by atoms with van der Waals surface area (Å²) in [4.78, 5) is 18.7. The van der Waals surface area contributed by atoms with Crippen LogP contribution in [-0.2, 0) is 0 Å². The van der Waals surface area contributed by atoms with Crippen LogP contribution in [0.1, 0.15) is 38.4 Å². The Hall–Kier alpha value is -0.970. The van der Waals surface area contributed by atoms with Crippen molar-refractivity contribution in [2.45, 2.75) is 37.4 Å². The molecule has 0 saturated heterocycles. The molecule has 17 heavy (non-hydrogen) atoms. The molecule has 2 rings (SSSR count). The molecule has 0 spiro atoms. The molecular weight excluding hydrogens is 234 g/mol. The van der Waals surface area contributed by atoms with Gasteiger partial charge in [-0.15, -0.1) is 0 Å². The van der Waals surface area contributed by atoms with E-state index < -0.39 is 0 Å². The van der Waals surface area contributed by atoms with Gasteiger partial charge in [-0.2, -0.15) is 11.8 Å². The zero-order valence-electron chi connectivity index (χ0n) is 10.5. The summed E-state index contributed by atoms with van der Waals surface area (Å²) in [5.74, 6) is 1.67. The summed E-state index contributed by atoms with van der Waals surface area (Å²) in [6, 6.07) is 1.53. The number of nitrogens with one attached hydrogen (secondary N) is 2. The molecule has 94 valence electrons. The number of hydrogen-bond donors (Lipinski definition) is 2. The van der Waals surface area contributed by atoms with Crippen LogP contribution < -0.4 is 10.9 Å². The first kappa shape index (κ1) is 12.5. The Morgan fingerprint density at radius 2 is 2.29 bits per heavy atom. The van der Waals surface area contributed by atoms with E-state index in [0.717, 1.165) is 12.4 Å². The molecule has 0 amide bonds. The Morgan fingerprint density at radius 1 is 1.59 bits per heavy atom. The highest BCUT2D eigenvalue weighted by Crippen LogP contribution is 2.46. The van der Waals surface area contributed by atoms with Crippen LogP contribution in [0.5, 0.6) is 0 Å². The third-order valence-corrected chi connectivity index (χ3v) is 4.56. The summed E-state index contributed by atoms with van der Waals surface area (Å²) in [6.45, 7) is 4.93. The van der Waals surface area contributed by atoms with Crippen molar-refractivity contribution in [3.63, 3.8) is 0 Å². The van der Waals surface area contributed by atoms with Crippen LogP contribution in [0.4, 0.5) is 5.82 Å². The van der Waals surface area contributed by atoms with Crippen molar-refractivity contribution >= 4 is 17.6 Å². The predicted octanol–water partition coefficient (Wildman–Crippen LogP) is 2.20. The molecule has 0 radical (unpaired) electrons. The molecule has 4 nitrogen and oxygen atoms in total. The Morgan fingerprint density at radius 3 is 2.82 bits per heavy atom. The fourth-order valence-electron chi connectivity index (χ4n) is 1.68. The van der Waals surface area contributed by atoms with E-state index in [1.165, 1.54) is 18.9 Å². The van der Waals surface area contributed by atoms with Gasteiger partial charge in [0.1, 0.15) is 11.6 Å². The van der Waals surface area contributed by atoms with Gasteiger partial charge in [0.2, 0.25) is 0 Å². The van der Waals surface area contributed by atoms with Crippen molar-refractivity contribution in [3.05, 3.63) is 22.2 Å². The number of anilines is 1. The number of aromatic nitrogens is 2. The zero-order valence-corrected chi connectivity index (χ0v) is 11.4. The van der Waals surface area contributed by atoms with Crippen molar-refractivity contribution in [3.8, 4) is 0 Å². The molecule has 1 saturated carbocycles. The topological polar surface area (TPSA) is 57.8 Å². The van der Waals surface area contributed by atoms with Crippen molar-refractivity contribution in [1.82, 2.24) is 9.97 Å². The van der Waals surface area contributed by atoms with Crippen LogP contribution in [0.3, 0.4) is 0 Å². The minimum Gasteiger partial charge on any atom is -0.368 e. The number of thioether (sulfide) groups is 1. The fourth-order valence-corrected chi connectivity index (χ4v) is 2.41. The summed E-state index contributed by atoms with van der Waals surface area (Å²) in [5, 5.41) is 3.28. The number of nitrogens with zero attached hydrogens (tertiary/aromatic N) is 1. The highest BCUT2D eigenvalue weighted by Gasteiger charge is 2.41. The lowest BCUT2D eigenvalue weighted by molar-refractivity contribution is 0.765. The van der Waals surface area contributed by atoms with Gasteiger partial charge in [0.05, 0.1) is 0 Å². The predicted molar refractivity (Wildman–Crippen MR) is 72.9 cm³/mol. The molecule has 5 heteroatoms. The van der Waals surface area contributed by atoms with Gasteiger partial charge in [-0.3, -0.25) is 4.79 Å². The van der Waals surface area contributed by atoms with Gasteiger partial charge < -0.3 is 10.3 Å². The highest BCUT2D eigenvalue weighted by molar-refractivity contribution is 8.00. The molecule has 2 N–H and O–H groups in total. The Kier molecular flexibility index (Phi) is 3.47. The van der Waals surface area contributed by atoms with E-state index in [1.807, 2.05) is 25.6 Å². The minimum absolute atomic E-state index is 0.0831. The monoisotopic (exact) mass is 253 g/mol. The van der Waals surface area contributed by atoms with E-state index in [9.17, 15) is 4.79 Å². The molecule has 1 heterocycles. The summed E-state index contributed by atoms with van der Waals surface area (Å²) < 4.78 is 0.377. The Labute approximate surface area is 106 Å². The van der Waals surface area contributed by atoms with Crippen LogP contribution in [0, 0.1) is 0 Å². The maximum absolute atomic E-state index is 11.5. The van der Waals surface area contributed by atoms with Crippen LogP contribution in [0.25, 0.3) is 0 Å². The minimum atomic E-state index is -0.0831. The molecule has 1 aliphatic carbocycles. The molecule has 0 aromatic carbocycles. The molecule has 1 aromatic rings. The smallest absolute Gasteiger partial charge is 0.252 e. The summed E-state index contributed by atoms with van der Waals surface area (Å²) >= 11 is 1.90. The van der Waals surface area contributed by atoms with E-state index in [2.05, 4.69) is 21.5 Å². The van der Waals surface area contributed by atoms with Crippen LogP contribution in [0.2, 0.25) is 0 Å². The van der Waals surface area contributed by atoms with Gasteiger partial charge >= 0.3 is 0 Å². The average Bonchev–Trinajstić information content (AvgIpc) is 3.06. The molecule has 0 atom stereocenters. The maximum atomic E-state index is 11.5. The third-order valence-electron chi connectivity index (χ3n) is 3.14. The third kappa shape index (κ3) is 3.03. The van der Waals surface area contributed by atoms with E-state index in [-0.39, 0.29) is 11.5 Å². The second kappa shape index (κ2) is 4.72. The lowest BCUT2D eigenvalue weighted by Crippen LogP contribution is -2.21. The largest absolute Gasteiger partial charge is 0.368 e. The quantitative estimate of drug-likeness (QED) is 0.844. The first-order valence-corrected chi connectivity index (χ1v) is 7.17. The van der Waals surface area contributed by atoms with Gasteiger partial charge in [-0.1, -0.05) is 13.8 Å². The lowest BCUT2D eigenvalue weighted by atomic mass is 10.2. The SMILES string of the molecule is CSC1(CNc2cc(=O)[nH]c(C(C)C)n2)CC1. The Bertz CT molecular complexity index is 451. The highest BCUT2D eigenvalue weighted by atomic mass is 32.2. The van der Waals surface area contributed by atoms with E-state index in [4.69, 9.17) is 0 Å². The zero-order chi connectivity index (χ0) is 12.5. The maximum Gasteiger partial charge on any atom is 0.252 e. The van der Waals surface area contributed by atoms with Gasteiger partial charge in [-0.05, 0) is 19.1 Å². The van der Waals surface area contributed by atoms with Crippen molar-refractivity contribution in [2.75, 3.05) is 18.1 Å². The molecule has 1 fully saturated rings. The molecule has 1 aliphatic rings. The average molecular weight is 253 g/mol. The first-order chi connectivity index (χ1) is 8.04. The van der Waals surface area contributed by atoms with E-state index >= 15 is 0 Å². The second-order valence-corrected chi connectivity index (χ2v) is 6.19. The van der Waals surface area contributed by atoms with Crippen molar-refractivity contribution in [1.29, 1.82) is 0 Å². The fraction of sp³-hybridized carbons (Fsp3) is 0.667. The summed E-state index contributed by atoms with van der Waals surface area (Å²) in [7, 11) is 0. The molecule has 0 bridgehead atoms. The van der Waals surface area contributed by atoms with E-state index in [1.54, 1.807) is 0 Å². The van der Waals surface area contributed by atoms with Crippen molar-refractivity contribution in [2.24, 2.45) is 0 Å². The number of aromatic amines is 1. The molecule has 0 unspecified atom stereocenters. The van der Waals surface area contributed by atoms with Crippen LogP contribution in [-0.4, -0.2) is 27.5 Å². The molecule has 1 aromatic heterocycles. The van der Waals surface area contributed by atoms with Crippen LogP contribution in [0.15, 0.2) is 10.9 Å². The van der Waals surface area contributed by atoms with Crippen molar-refractivity contribution < 1.29 is 0 Å². The number of H-pyrrole nitrogens is 1. The Balaban J connectivity index is 2.08. The normalized spacial score (nSPS) is 17.2. The van der Waals surface area contributed by atoms with Crippen LogP contribution >= 0.6 is 11.8 Å². The lowest BCUT2D eigenvalue weighted by Gasteiger charge is -2.14. The molecular formula is C12H19N3OS. The molecule has 0 aliphatic heterocycles. The van der Waals surface area contributed by atoms with Gasteiger partial charge in [0.15, 0.2) is 0 Å². The van der Waals surface area contributed by atoms with E-state index in [0.29, 0.717) is 10.6 Å². The number of rotatable bonds is 5. The number of hydrogen-bond acceptors (Lipinski definition) is 4. The first-order valence-electron chi connectivity index (χ1n) is 5.95. The van der Waals surface area contributed by atoms with Gasteiger partial charge in [-0.25, -0.2) is 4.98 Å². The standard InChI is InChI=1S/C12H19N3OS/c1-8(2)11-14-9(6-10(16)15-11)13-7-12(17-3)4-5-12/h6,8H,4-5,7H2,1-3H3,(H2,13,14,15,16). The second-order valence-electron chi connectivity index (χ2n) is 4.91. The van der Waals surface area contributed by atoms with Gasteiger partial charge in [0.25, 0.3) is 5.56 Å². The summed E-state index contributed by atoms with van der Waals surface area (Å²) in [6.07, 6.45) is 4.64. The van der Waals surface area contributed by atoms with Gasteiger partial charge in [0, 0.05) is 23.3 Å². The summed E-state index contributed by atoms with van der Waals surface area (Å²) in [5.41, 5.74) is -0.0831.